The van der Waals surface area contributed by atoms with Crippen molar-refractivity contribution in [3.8, 4) is 0 Å². The second-order valence-electron chi connectivity index (χ2n) is 4.96. The van der Waals surface area contributed by atoms with Crippen LogP contribution < -0.4 is 5.32 Å². The van der Waals surface area contributed by atoms with Crippen molar-refractivity contribution in [2.45, 2.75) is 63.1 Å². The van der Waals surface area contributed by atoms with Gasteiger partial charge in [0.2, 0.25) is 0 Å². The molecule has 0 aromatic heterocycles. The number of hydrogen-bond acceptors (Lipinski definition) is 2. The first kappa shape index (κ1) is 15.6. The summed E-state index contributed by atoms with van der Waals surface area (Å²) in [5.41, 5.74) is 1.39. The Morgan fingerprint density at radius 3 is 2.28 bits per heavy atom. The summed E-state index contributed by atoms with van der Waals surface area (Å²) in [6.45, 7) is 10.1. The molecule has 0 spiro atoms. The van der Waals surface area contributed by atoms with E-state index in [1.54, 1.807) is 0 Å². The molecule has 2 heteroatoms. The van der Waals surface area contributed by atoms with Crippen molar-refractivity contribution >= 4 is 11.8 Å². The molecule has 2 atom stereocenters. The van der Waals surface area contributed by atoms with E-state index in [9.17, 15) is 0 Å². The van der Waals surface area contributed by atoms with Crippen LogP contribution in [0.2, 0.25) is 0 Å². The van der Waals surface area contributed by atoms with Crippen LogP contribution in [0.25, 0.3) is 0 Å². The van der Waals surface area contributed by atoms with E-state index in [2.05, 4.69) is 57.3 Å². The van der Waals surface area contributed by atoms with Gasteiger partial charge in [-0.3, -0.25) is 0 Å². The molecule has 0 saturated heterocycles. The lowest BCUT2D eigenvalue weighted by Crippen LogP contribution is -2.19. The predicted octanol–water partition coefficient (Wildman–Crippen LogP) is 5.03. The average Bonchev–Trinajstić information content (AvgIpc) is 2.37. The van der Waals surface area contributed by atoms with Gasteiger partial charge in [-0.25, -0.2) is 0 Å². The monoisotopic (exact) mass is 265 g/mol. The first-order valence-corrected chi connectivity index (χ1v) is 8.05. The standard InChI is InChI=1S/C16H27NS/c1-5-7-13(3)18-16-10-8-15(9-11-16)14(4)17-12-6-2/h8-11,13-14,17H,5-7,12H2,1-4H3. The summed E-state index contributed by atoms with van der Waals surface area (Å²) in [7, 11) is 0. The molecule has 0 fully saturated rings. The zero-order valence-electron chi connectivity index (χ0n) is 12.2. The lowest BCUT2D eigenvalue weighted by atomic mass is 10.1. The second-order valence-corrected chi connectivity index (χ2v) is 6.47. The second kappa shape index (κ2) is 8.60. The molecule has 1 aromatic rings. The van der Waals surface area contributed by atoms with Crippen molar-refractivity contribution in [3.63, 3.8) is 0 Å². The van der Waals surface area contributed by atoms with Crippen LogP contribution in [0.1, 0.15) is 58.6 Å². The summed E-state index contributed by atoms with van der Waals surface area (Å²) >= 11 is 1.99. The fourth-order valence-corrected chi connectivity index (χ4v) is 3.12. The topological polar surface area (TPSA) is 12.0 Å². The Morgan fingerprint density at radius 1 is 1.06 bits per heavy atom. The van der Waals surface area contributed by atoms with Gasteiger partial charge in [-0.15, -0.1) is 11.8 Å². The van der Waals surface area contributed by atoms with Crippen LogP contribution in [0.15, 0.2) is 29.2 Å². The van der Waals surface area contributed by atoms with Gasteiger partial charge in [0.15, 0.2) is 0 Å². The molecule has 18 heavy (non-hydrogen) atoms. The largest absolute Gasteiger partial charge is 0.310 e. The maximum atomic E-state index is 3.52. The van der Waals surface area contributed by atoms with E-state index >= 15 is 0 Å². The van der Waals surface area contributed by atoms with E-state index in [1.807, 2.05) is 11.8 Å². The van der Waals surface area contributed by atoms with E-state index in [4.69, 9.17) is 0 Å². The lowest BCUT2D eigenvalue weighted by Gasteiger charge is -2.15. The molecular formula is C16H27NS. The molecule has 0 aliphatic carbocycles. The molecule has 0 saturated carbocycles. The van der Waals surface area contributed by atoms with Crippen molar-refractivity contribution in [2.24, 2.45) is 0 Å². The molecule has 0 aliphatic heterocycles. The quantitative estimate of drug-likeness (QED) is 0.662. The molecular weight excluding hydrogens is 238 g/mol. The van der Waals surface area contributed by atoms with Gasteiger partial charge >= 0.3 is 0 Å². The van der Waals surface area contributed by atoms with Crippen LogP contribution in [-0.2, 0) is 0 Å². The van der Waals surface area contributed by atoms with E-state index in [0.29, 0.717) is 6.04 Å². The normalized spacial score (nSPS) is 14.4. The van der Waals surface area contributed by atoms with Gasteiger partial charge in [-0.1, -0.05) is 39.3 Å². The Kier molecular flexibility index (Phi) is 7.45. The fourth-order valence-electron chi connectivity index (χ4n) is 2.01. The Bertz CT molecular complexity index is 320. The first-order chi connectivity index (χ1) is 8.67. The predicted molar refractivity (Wildman–Crippen MR) is 83.4 cm³/mol. The van der Waals surface area contributed by atoms with Gasteiger partial charge in [-0.05, 0) is 44.0 Å². The van der Waals surface area contributed by atoms with Crippen LogP contribution in [0.3, 0.4) is 0 Å². The lowest BCUT2D eigenvalue weighted by molar-refractivity contribution is 0.570. The van der Waals surface area contributed by atoms with Gasteiger partial charge in [0.25, 0.3) is 0 Å². The molecule has 0 radical (unpaired) electrons. The average molecular weight is 265 g/mol. The number of hydrogen-bond donors (Lipinski definition) is 1. The summed E-state index contributed by atoms with van der Waals surface area (Å²) in [5, 5.41) is 4.24. The first-order valence-electron chi connectivity index (χ1n) is 7.17. The molecule has 1 N–H and O–H groups in total. The van der Waals surface area contributed by atoms with E-state index < -0.39 is 0 Å². The van der Waals surface area contributed by atoms with E-state index in [-0.39, 0.29) is 0 Å². The molecule has 1 nitrogen and oxygen atoms in total. The smallest absolute Gasteiger partial charge is 0.0291 e. The van der Waals surface area contributed by atoms with E-state index in [0.717, 1.165) is 11.8 Å². The van der Waals surface area contributed by atoms with Crippen molar-refractivity contribution in [3.05, 3.63) is 29.8 Å². The van der Waals surface area contributed by atoms with Crippen molar-refractivity contribution < 1.29 is 0 Å². The molecule has 0 heterocycles. The molecule has 1 rings (SSSR count). The SMILES string of the molecule is CCCNC(C)c1ccc(SC(C)CCC)cc1. The maximum absolute atomic E-state index is 3.52. The third kappa shape index (κ3) is 5.45. The number of thioether (sulfide) groups is 1. The number of benzene rings is 1. The van der Waals surface area contributed by atoms with Crippen molar-refractivity contribution in [1.29, 1.82) is 0 Å². The number of rotatable bonds is 8. The molecule has 1 aromatic carbocycles. The zero-order valence-corrected chi connectivity index (χ0v) is 13.0. The number of nitrogens with one attached hydrogen (secondary N) is 1. The van der Waals surface area contributed by atoms with Crippen LogP contribution in [0, 0.1) is 0 Å². The highest BCUT2D eigenvalue weighted by Crippen LogP contribution is 2.27. The molecule has 102 valence electrons. The Morgan fingerprint density at radius 2 is 1.72 bits per heavy atom. The van der Waals surface area contributed by atoms with Gasteiger partial charge in [0, 0.05) is 16.2 Å². The molecule has 2 unspecified atom stereocenters. The van der Waals surface area contributed by atoms with Crippen LogP contribution in [-0.4, -0.2) is 11.8 Å². The van der Waals surface area contributed by atoms with Crippen molar-refractivity contribution in [2.75, 3.05) is 6.54 Å². The van der Waals surface area contributed by atoms with Crippen LogP contribution in [0.5, 0.6) is 0 Å². The summed E-state index contributed by atoms with van der Waals surface area (Å²) in [6.07, 6.45) is 3.75. The Labute approximate surface area is 117 Å². The van der Waals surface area contributed by atoms with Gasteiger partial charge in [0.05, 0.1) is 0 Å². The van der Waals surface area contributed by atoms with Gasteiger partial charge < -0.3 is 5.32 Å². The minimum atomic E-state index is 0.456. The summed E-state index contributed by atoms with van der Waals surface area (Å²) in [4.78, 5) is 1.39. The molecule has 0 bridgehead atoms. The highest BCUT2D eigenvalue weighted by Gasteiger charge is 2.06. The van der Waals surface area contributed by atoms with Gasteiger partial charge in [-0.2, -0.15) is 0 Å². The molecule has 0 amide bonds. The van der Waals surface area contributed by atoms with E-state index in [1.165, 1.54) is 29.7 Å². The highest BCUT2D eigenvalue weighted by molar-refractivity contribution is 7.99. The van der Waals surface area contributed by atoms with Crippen LogP contribution in [0.4, 0.5) is 0 Å². The van der Waals surface area contributed by atoms with Gasteiger partial charge in [0.1, 0.15) is 0 Å². The molecule has 0 aliphatic rings. The Hall–Kier alpha value is -0.470. The van der Waals surface area contributed by atoms with Crippen molar-refractivity contribution in [1.82, 2.24) is 5.32 Å². The van der Waals surface area contributed by atoms with Crippen LogP contribution >= 0.6 is 11.8 Å². The third-order valence-electron chi connectivity index (χ3n) is 3.11. The third-order valence-corrected chi connectivity index (χ3v) is 4.30. The Balaban J connectivity index is 2.51. The summed E-state index contributed by atoms with van der Waals surface area (Å²) in [5.74, 6) is 0. The maximum Gasteiger partial charge on any atom is 0.0291 e. The summed E-state index contributed by atoms with van der Waals surface area (Å²) in [6, 6.07) is 9.49. The summed E-state index contributed by atoms with van der Waals surface area (Å²) < 4.78 is 0. The minimum Gasteiger partial charge on any atom is -0.310 e. The highest BCUT2D eigenvalue weighted by atomic mass is 32.2. The minimum absolute atomic E-state index is 0.456. The fraction of sp³-hybridized carbons (Fsp3) is 0.625. The zero-order chi connectivity index (χ0) is 13.4.